The van der Waals surface area contributed by atoms with Crippen LogP contribution in [0.5, 0.6) is 0 Å². The predicted molar refractivity (Wildman–Crippen MR) is 160 cm³/mol. The summed E-state index contributed by atoms with van der Waals surface area (Å²) >= 11 is 0. The molecular weight excluding hydrogens is 478 g/mol. The lowest BCUT2D eigenvalue weighted by Gasteiger charge is -2.40. The van der Waals surface area contributed by atoms with Crippen molar-refractivity contribution in [3.05, 3.63) is 125 Å². The molecule has 0 bridgehead atoms. The minimum atomic E-state index is 0.125. The Hall–Kier alpha value is -4.02. The van der Waals surface area contributed by atoms with Crippen molar-refractivity contribution in [2.75, 3.05) is 6.54 Å². The summed E-state index contributed by atoms with van der Waals surface area (Å²) in [6, 6.07) is 32.3. The molecule has 0 spiro atoms. The summed E-state index contributed by atoms with van der Waals surface area (Å²) in [6.07, 6.45) is 4.60. The molecule has 1 aliphatic rings. The van der Waals surface area contributed by atoms with Gasteiger partial charge in [0.25, 0.3) is 5.91 Å². The van der Waals surface area contributed by atoms with E-state index in [1.165, 1.54) is 27.3 Å². The number of nitrogens with one attached hydrogen (secondary N) is 1. The molecule has 0 saturated carbocycles. The number of hydrogen-bond donors (Lipinski definition) is 1. The maximum absolute atomic E-state index is 13.8. The van der Waals surface area contributed by atoms with Crippen molar-refractivity contribution in [1.29, 1.82) is 0 Å². The van der Waals surface area contributed by atoms with Crippen LogP contribution >= 0.6 is 0 Å². The summed E-state index contributed by atoms with van der Waals surface area (Å²) in [5, 5.41) is 7.52. The Bertz CT molecular complexity index is 1620. The molecular formula is C35H35N3O. The highest BCUT2D eigenvalue weighted by molar-refractivity contribution is 5.95. The summed E-state index contributed by atoms with van der Waals surface area (Å²) in [5.41, 5.74) is 6.62. The molecule has 0 radical (unpaired) electrons. The number of rotatable bonds is 6. The highest BCUT2D eigenvalue weighted by atomic mass is 16.2. The first kappa shape index (κ1) is 25.3. The van der Waals surface area contributed by atoms with E-state index in [0.717, 1.165) is 54.6 Å². The lowest BCUT2D eigenvalue weighted by molar-refractivity contribution is 0.0576. The van der Waals surface area contributed by atoms with E-state index in [1.807, 2.05) is 24.4 Å². The van der Waals surface area contributed by atoms with Gasteiger partial charge in [0.1, 0.15) is 0 Å². The fourth-order valence-corrected chi connectivity index (χ4v) is 6.16. The Kier molecular flexibility index (Phi) is 7.12. The number of benzene rings is 4. The van der Waals surface area contributed by atoms with Gasteiger partial charge in [0.2, 0.25) is 0 Å². The van der Waals surface area contributed by atoms with Crippen molar-refractivity contribution in [2.45, 2.75) is 51.7 Å². The normalized spacial score (nSPS) is 17.5. The fraction of sp³-hybridized carbons (Fsp3) is 0.257. The monoisotopic (exact) mass is 513 g/mol. The van der Waals surface area contributed by atoms with E-state index in [9.17, 15) is 4.79 Å². The molecule has 1 amide bonds. The summed E-state index contributed by atoms with van der Waals surface area (Å²) in [6.45, 7) is 5.67. The van der Waals surface area contributed by atoms with Gasteiger partial charge in [-0.1, -0.05) is 77.9 Å². The molecule has 6 rings (SSSR count). The summed E-state index contributed by atoms with van der Waals surface area (Å²) in [4.78, 5) is 20.5. The van der Waals surface area contributed by atoms with Gasteiger partial charge >= 0.3 is 0 Å². The van der Waals surface area contributed by atoms with Crippen LogP contribution in [-0.2, 0) is 13.0 Å². The van der Waals surface area contributed by atoms with Crippen LogP contribution < -0.4 is 5.32 Å². The van der Waals surface area contributed by atoms with Gasteiger partial charge in [-0.05, 0) is 79.3 Å². The molecule has 4 nitrogen and oxygen atoms in total. The van der Waals surface area contributed by atoms with Crippen LogP contribution in [0.1, 0.15) is 45.5 Å². The van der Waals surface area contributed by atoms with E-state index in [4.69, 9.17) is 0 Å². The van der Waals surface area contributed by atoms with Crippen LogP contribution in [0.4, 0.5) is 0 Å². The van der Waals surface area contributed by atoms with Crippen LogP contribution in [0, 0.1) is 13.8 Å². The van der Waals surface area contributed by atoms with Gasteiger partial charge in [0.05, 0.1) is 5.52 Å². The van der Waals surface area contributed by atoms with Crippen molar-refractivity contribution in [3.63, 3.8) is 0 Å². The minimum Gasteiger partial charge on any atom is -0.335 e. The maximum Gasteiger partial charge on any atom is 0.254 e. The van der Waals surface area contributed by atoms with Gasteiger partial charge in [-0.3, -0.25) is 9.78 Å². The number of hydrogen-bond acceptors (Lipinski definition) is 3. The largest absolute Gasteiger partial charge is 0.335 e. The number of fused-ring (bicyclic) bond motifs is 2. The third-order valence-corrected chi connectivity index (χ3v) is 8.05. The van der Waals surface area contributed by atoms with Crippen molar-refractivity contribution in [3.8, 4) is 0 Å². The molecule has 0 unspecified atom stereocenters. The number of carbonyl (C=O) groups excluding carboxylic acids is 1. The Morgan fingerprint density at radius 2 is 1.67 bits per heavy atom. The minimum absolute atomic E-state index is 0.125. The van der Waals surface area contributed by atoms with E-state index in [-0.39, 0.29) is 11.9 Å². The van der Waals surface area contributed by atoms with Gasteiger partial charge < -0.3 is 10.2 Å². The Morgan fingerprint density at radius 3 is 2.51 bits per heavy atom. The first-order valence-corrected chi connectivity index (χ1v) is 14.0. The number of piperidine rings is 1. The number of aromatic nitrogens is 1. The zero-order valence-electron chi connectivity index (χ0n) is 22.7. The highest BCUT2D eigenvalue weighted by Crippen LogP contribution is 2.26. The van der Waals surface area contributed by atoms with E-state index < -0.39 is 0 Å². The third-order valence-electron chi connectivity index (χ3n) is 8.05. The number of pyridine rings is 1. The number of nitrogens with zero attached hydrogens (tertiary/aromatic N) is 2. The van der Waals surface area contributed by atoms with E-state index in [1.54, 1.807) is 0 Å². The molecule has 39 heavy (non-hydrogen) atoms. The summed E-state index contributed by atoms with van der Waals surface area (Å²) in [7, 11) is 0. The molecule has 0 aliphatic carbocycles. The number of para-hydroxylation sites is 1. The summed E-state index contributed by atoms with van der Waals surface area (Å²) in [5.74, 6) is 0.145. The quantitative estimate of drug-likeness (QED) is 0.266. The van der Waals surface area contributed by atoms with E-state index in [0.29, 0.717) is 6.04 Å². The molecule has 1 aliphatic heterocycles. The standard InChI is InChI=1S/C35H35N3O/c1-24-17-25(2)19-30(18-24)35(39)38-16-14-31(37-23-29-13-15-36-34-10-6-5-9-33(29)34)22-32(38)21-26-11-12-27-7-3-4-8-28(27)20-26/h3-13,15,17-20,31-32,37H,14,16,21-23H2,1-2H3/t31-,32+/m0/s1. The number of aryl methyl sites for hydroxylation is 2. The molecule has 4 heteroatoms. The zero-order chi connectivity index (χ0) is 26.8. The average Bonchev–Trinajstić information content (AvgIpc) is 2.95. The van der Waals surface area contributed by atoms with Crippen LogP contribution in [0.2, 0.25) is 0 Å². The molecule has 4 aromatic carbocycles. The van der Waals surface area contributed by atoms with Gasteiger partial charge in [-0.15, -0.1) is 0 Å². The molecule has 2 atom stereocenters. The van der Waals surface area contributed by atoms with Crippen molar-refractivity contribution < 1.29 is 4.79 Å². The van der Waals surface area contributed by atoms with Crippen LogP contribution in [0.3, 0.4) is 0 Å². The van der Waals surface area contributed by atoms with Crippen molar-refractivity contribution >= 4 is 27.6 Å². The Labute approximate surface area is 230 Å². The SMILES string of the molecule is Cc1cc(C)cc(C(=O)N2CC[C@H](NCc3ccnc4ccccc34)C[C@H]2Cc2ccc3ccccc3c2)c1. The van der Waals surface area contributed by atoms with E-state index >= 15 is 0 Å². The highest BCUT2D eigenvalue weighted by Gasteiger charge is 2.32. The Balaban J connectivity index is 1.24. The van der Waals surface area contributed by atoms with Gasteiger partial charge in [-0.2, -0.15) is 0 Å². The molecule has 2 heterocycles. The number of carbonyl (C=O) groups is 1. The van der Waals surface area contributed by atoms with Crippen LogP contribution in [-0.4, -0.2) is 34.4 Å². The van der Waals surface area contributed by atoms with Crippen molar-refractivity contribution in [1.82, 2.24) is 15.2 Å². The molecule has 1 N–H and O–H groups in total. The third kappa shape index (κ3) is 5.57. The molecule has 5 aromatic rings. The van der Waals surface area contributed by atoms with Crippen molar-refractivity contribution in [2.24, 2.45) is 0 Å². The Morgan fingerprint density at radius 1 is 0.897 bits per heavy atom. The van der Waals surface area contributed by atoms with Crippen LogP contribution in [0.15, 0.2) is 97.2 Å². The molecule has 1 fully saturated rings. The fourth-order valence-electron chi connectivity index (χ4n) is 6.16. The maximum atomic E-state index is 13.8. The lowest BCUT2D eigenvalue weighted by atomic mass is 9.90. The average molecular weight is 514 g/mol. The predicted octanol–water partition coefficient (Wildman–Crippen LogP) is 7.01. The first-order valence-electron chi connectivity index (χ1n) is 14.0. The second-order valence-corrected chi connectivity index (χ2v) is 11.0. The first-order chi connectivity index (χ1) is 19.0. The molecule has 1 aromatic heterocycles. The zero-order valence-corrected chi connectivity index (χ0v) is 22.7. The lowest BCUT2D eigenvalue weighted by Crippen LogP contribution is -2.51. The number of amides is 1. The van der Waals surface area contributed by atoms with E-state index in [2.05, 4.69) is 102 Å². The topological polar surface area (TPSA) is 45.2 Å². The van der Waals surface area contributed by atoms with Crippen LogP contribution in [0.25, 0.3) is 21.7 Å². The second kappa shape index (κ2) is 11.0. The molecule has 1 saturated heterocycles. The molecule has 196 valence electrons. The number of likely N-dealkylation sites (tertiary alicyclic amines) is 1. The second-order valence-electron chi connectivity index (χ2n) is 11.0. The smallest absolute Gasteiger partial charge is 0.254 e. The van der Waals surface area contributed by atoms with Gasteiger partial charge in [-0.25, -0.2) is 0 Å². The van der Waals surface area contributed by atoms with Gasteiger partial charge in [0, 0.05) is 42.3 Å². The van der Waals surface area contributed by atoms with Gasteiger partial charge in [0.15, 0.2) is 0 Å². The summed E-state index contributed by atoms with van der Waals surface area (Å²) < 4.78 is 0.